The minimum atomic E-state index is -1.08. The number of fused-ring (bicyclic) bond motifs is 1. The predicted octanol–water partition coefficient (Wildman–Crippen LogP) is 0.941. The van der Waals surface area contributed by atoms with Crippen LogP contribution in [0.15, 0.2) is 18.2 Å². The van der Waals surface area contributed by atoms with Crippen molar-refractivity contribution in [1.82, 2.24) is 10.6 Å². The van der Waals surface area contributed by atoms with E-state index >= 15 is 0 Å². The third-order valence-corrected chi connectivity index (χ3v) is 3.57. The number of esters is 1. The van der Waals surface area contributed by atoms with E-state index in [1.54, 1.807) is 0 Å². The molecule has 7 heteroatoms. The molecule has 0 spiro atoms. The van der Waals surface area contributed by atoms with Gasteiger partial charge in [0.25, 0.3) is 5.91 Å². The first-order valence-corrected chi connectivity index (χ1v) is 7.46. The van der Waals surface area contributed by atoms with Gasteiger partial charge in [0.1, 0.15) is 5.75 Å². The van der Waals surface area contributed by atoms with E-state index in [4.69, 9.17) is 9.47 Å². The van der Waals surface area contributed by atoms with E-state index in [2.05, 4.69) is 5.32 Å². The Morgan fingerprint density at radius 3 is 2.70 bits per heavy atom. The Morgan fingerprint density at radius 2 is 1.96 bits per heavy atom. The summed E-state index contributed by atoms with van der Waals surface area (Å²) in [5.74, 6) is -0.773. The number of carbonyl (C=O) groups is 3. The van der Waals surface area contributed by atoms with Gasteiger partial charge in [-0.25, -0.2) is 9.59 Å². The highest BCUT2D eigenvalue weighted by atomic mass is 16.6. The molecule has 0 fully saturated rings. The van der Waals surface area contributed by atoms with Crippen molar-refractivity contribution in [3.8, 4) is 5.75 Å². The Bertz CT molecular complexity index is 614. The van der Waals surface area contributed by atoms with E-state index in [9.17, 15) is 14.4 Å². The normalized spacial score (nSPS) is 13.7. The van der Waals surface area contributed by atoms with Crippen LogP contribution in [0.3, 0.4) is 0 Å². The molecule has 1 aromatic carbocycles. The second-order valence-corrected chi connectivity index (χ2v) is 5.27. The number of imide groups is 1. The van der Waals surface area contributed by atoms with E-state index in [0.717, 1.165) is 19.3 Å². The van der Waals surface area contributed by atoms with Crippen molar-refractivity contribution in [2.75, 3.05) is 13.7 Å². The van der Waals surface area contributed by atoms with Gasteiger partial charge in [0.15, 0.2) is 12.7 Å². The van der Waals surface area contributed by atoms with Gasteiger partial charge in [0.2, 0.25) is 0 Å². The number of aryl methyl sites for hydroxylation is 2. The zero-order valence-electron chi connectivity index (χ0n) is 13.2. The molecule has 2 N–H and O–H groups in total. The Labute approximate surface area is 134 Å². The molecule has 23 heavy (non-hydrogen) atoms. The standard InChI is InChI=1S/C16H20N2O5/c1-10(15(20)18-16(21)17-2)23-14(19)9-22-13-7-6-11-4-3-5-12(11)8-13/h6-8,10H,3-5,9H2,1-2H3,(H2,17,18,20,21)/t10-/m1/s1. The second kappa shape index (κ2) is 7.62. The summed E-state index contributed by atoms with van der Waals surface area (Å²) in [6, 6.07) is 5.09. The largest absolute Gasteiger partial charge is 0.482 e. The van der Waals surface area contributed by atoms with Crippen LogP contribution in [0.5, 0.6) is 5.75 Å². The summed E-state index contributed by atoms with van der Waals surface area (Å²) in [6.07, 6.45) is 2.16. The average molecular weight is 320 g/mol. The molecule has 0 radical (unpaired) electrons. The van der Waals surface area contributed by atoms with Crippen LogP contribution in [-0.4, -0.2) is 37.7 Å². The van der Waals surface area contributed by atoms with Gasteiger partial charge in [0, 0.05) is 7.05 Å². The van der Waals surface area contributed by atoms with Gasteiger partial charge in [-0.2, -0.15) is 0 Å². The highest BCUT2D eigenvalue weighted by Gasteiger charge is 2.20. The smallest absolute Gasteiger partial charge is 0.344 e. The molecular formula is C16H20N2O5. The fraction of sp³-hybridized carbons (Fsp3) is 0.438. The fourth-order valence-electron chi connectivity index (χ4n) is 2.34. The number of nitrogens with one attached hydrogen (secondary N) is 2. The Balaban J connectivity index is 1.78. The Hall–Kier alpha value is -2.57. The molecule has 0 heterocycles. The molecule has 0 bridgehead atoms. The van der Waals surface area contributed by atoms with Crippen molar-refractivity contribution in [3.05, 3.63) is 29.3 Å². The molecule has 1 aromatic rings. The van der Waals surface area contributed by atoms with E-state index in [-0.39, 0.29) is 6.61 Å². The monoisotopic (exact) mass is 320 g/mol. The molecule has 1 aliphatic rings. The van der Waals surface area contributed by atoms with Gasteiger partial charge in [-0.1, -0.05) is 6.07 Å². The third-order valence-electron chi connectivity index (χ3n) is 3.57. The molecule has 1 aliphatic carbocycles. The first-order chi connectivity index (χ1) is 11.0. The van der Waals surface area contributed by atoms with Gasteiger partial charge < -0.3 is 14.8 Å². The maximum atomic E-state index is 11.7. The maximum absolute atomic E-state index is 11.7. The molecule has 0 unspecified atom stereocenters. The number of rotatable bonds is 5. The summed E-state index contributed by atoms with van der Waals surface area (Å²) in [5, 5.41) is 4.26. The summed E-state index contributed by atoms with van der Waals surface area (Å²) in [5.41, 5.74) is 2.56. The van der Waals surface area contributed by atoms with Crippen molar-refractivity contribution in [1.29, 1.82) is 0 Å². The van der Waals surface area contributed by atoms with E-state index < -0.39 is 24.0 Å². The molecule has 2 rings (SSSR count). The van der Waals surface area contributed by atoms with Crippen LogP contribution in [0.25, 0.3) is 0 Å². The van der Waals surface area contributed by atoms with Crippen molar-refractivity contribution in [3.63, 3.8) is 0 Å². The van der Waals surface area contributed by atoms with Gasteiger partial charge in [-0.3, -0.25) is 10.1 Å². The minimum Gasteiger partial charge on any atom is -0.482 e. The number of benzene rings is 1. The zero-order valence-corrected chi connectivity index (χ0v) is 13.2. The van der Waals surface area contributed by atoms with Gasteiger partial charge in [-0.15, -0.1) is 0 Å². The first kappa shape index (κ1) is 16.8. The number of carbonyl (C=O) groups excluding carboxylic acids is 3. The summed E-state index contributed by atoms with van der Waals surface area (Å²) >= 11 is 0. The van der Waals surface area contributed by atoms with Crippen LogP contribution < -0.4 is 15.4 Å². The van der Waals surface area contributed by atoms with Crippen LogP contribution >= 0.6 is 0 Å². The van der Waals surface area contributed by atoms with E-state index in [1.807, 2.05) is 23.5 Å². The zero-order chi connectivity index (χ0) is 16.8. The number of hydrogen-bond acceptors (Lipinski definition) is 5. The van der Waals surface area contributed by atoms with E-state index in [0.29, 0.717) is 5.75 Å². The Kier molecular flexibility index (Phi) is 5.56. The maximum Gasteiger partial charge on any atom is 0.344 e. The number of hydrogen-bond donors (Lipinski definition) is 2. The average Bonchev–Trinajstić information content (AvgIpc) is 3.00. The molecule has 0 saturated carbocycles. The molecule has 3 amide bonds. The quantitative estimate of drug-likeness (QED) is 0.788. The molecule has 1 atom stereocenters. The minimum absolute atomic E-state index is 0.295. The van der Waals surface area contributed by atoms with Crippen LogP contribution in [-0.2, 0) is 27.2 Å². The molecule has 124 valence electrons. The lowest BCUT2D eigenvalue weighted by Gasteiger charge is -2.13. The van der Waals surface area contributed by atoms with Crippen molar-refractivity contribution < 1.29 is 23.9 Å². The highest BCUT2D eigenvalue weighted by molar-refractivity contribution is 5.97. The number of ether oxygens (including phenoxy) is 2. The number of urea groups is 1. The summed E-state index contributed by atoms with van der Waals surface area (Å²) < 4.78 is 10.3. The van der Waals surface area contributed by atoms with Gasteiger partial charge in [-0.05, 0) is 49.4 Å². The Morgan fingerprint density at radius 1 is 1.22 bits per heavy atom. The highest BCUT2D eigenvalue weighted by Crippen LogP contribution is 2.25. The van der Waals surface area contributed by atoms with Crippen LogP contribution in [0.4, 0.5) is 4.79 Å². The SMILES string of the molecule is CNC(=O)NC(=O)[C@@H](C)OC(=O)COc1ccc2c(c1)CCC2. The molecule has 7 nitrogen and oxygen atoms in total. The van der Waals surface area contributed by atoms with Crippen LogP contribution in [0.2, 0.25) is 0 Å². The molecule has 0 saturated heterocycles. The van der Waals surface area contributed by atoms with E-state index in [1.165, 1.54) is 25.1 Å². The van der Waals surface area contributed by atoms with Gasteiger partial charge in [0.05, 0.1) is 0 Å². The summed E-state index contributed by atoms with van der Waals surface area (Å²) in [7, 11) is 1.38. The summed E-state index contributed by atoms with van der Waals surface area (Å²) in [6.45, 7) is 1.09. The van der Waals surface area contributed by atoms with Crippen molar-refractivity contribution >= 4 is 17.9 Å². The van der Waals surface area contributed by atoms with Gasteiger partial charge >= 0.3 is 12.0 Å². The fourth-order valence-corrected chi connectivity index (χ4v) is 2.34. The van der Waals surface area contributed by atoms with Crippen molar-refractivity contribution in [2.24, 2.45) is 0 Å². The molecular weight excluding hydrogens is 300 g/mol. The number of amides is 3. The molecule has 0 aliphatic heterocycles. The third kappa shape index (κ3) is 4.70. The lowest BCUT2D eigenvalue weighted by Crippen LogP contribution is -2.43. The second-order valence-electron chi connectivity index (χ2n) is 5.27. The summed E-state index contributed by atoms with van der Waals surface area (Å²) in [4.78, 5) is 34.3. The lowest BCUT2D eigenvalue weighted by molar-refractivity contribution is -0.156. The lowest BCUT2D eigenvalue weighted by atomic mass is 10.1. The van der Waals surface area contributed by atoms with Crippen molar-refractivity contribution in [2.45, 2.75) is 32.3 Å². The molecule has 0 aromatic heterocycles. The topological polar surface area (TPSA) is 93.7 Å². The van der Waals surface area contributed by atoms with Crippen LogP contribution in [0, 0.1) is 0 Å². The predicted molar refractivity (Wildman–Crippen MR) is 82.1 cm³/mol. The first-order valence-electron chi connectivity index (χ1n) is 7.46. The van der Waals surface area contributed by atoms with Crippen LogP contribution in [0.1, 0.15) is 24.5 Å².